The molecule has 0 aliphatic carbocycles. The van der Waals surface area contributed by atoms with E-state index in [4.69, 9.17) is 5.26 Å². The van der Waals surface area contributed by atoms with Crippen molar-refractivity contribution >= 4 is 21.6 Å². The van der Waals surface area contributed by atoms with Gasteiger partial charge in [-0.2, -0.15) is 10.5 Å². The van der Waals surface area contributed by atoms with E-state index in [1.165, 1.54) is 0 Å². The van der Waals surface area contributed by atoms with E-state index in [2.05, 4.69) is 47.9 Å². The van der Waals surface area contributed by atoms with E-state index in [1.807, 2.05) is 18.2 Å². The van der Waals surface area contributed by atoms with Crippen LogP contribution in [0.2, 0.25) is 0 Å². The Hall–Kier alpha value is -1.94. The van der Waals surface area contributed by atoms with Gasteiger partial charge in [-0.3, -0.25) is 0 Å². The lowest BCUT2D eigenvalue weighted by Gasteiger charge is -2.06. The zero-order valence-electron chi connectivity index (χ0n) is 8.11. The minimum absolute atomic E-state index is 0.418. The monoisotopic (exact) mass is 278 g/mol. The number of benzene rings is 1. The summed E-state index contributed by atoms with van der Waals surface area (Å²) < 4.78 is 0.758. The van der Waals surface area contributed by atoms with Crippen molar-refractivity contribution in [2.75, 3.05) is 5.32 Å². The molecule has 7 heteroatoms. The normalized spacial score (nSPS) is 9.75. The van der Waals surface area contributed by atoms with Crippen molar-refractivity contribution in [3.63, 3.8) is 0 Å². The molecular formula is C9H7BrN6. The molecule has 0 aliphatic rings. The molecule has 1 aromatic carbocycles. The Morgan fingerprint density at radius 3 is 3.06 bits per heavy atom. The number of aromatic amines is 1. The molecule has 0 amide bonds. The molecule has 0 spiro atoms. The summed E-state index contributed by atoms with van der Waals surface area (Å²) in [5.41, 5.74) is 1.30. The van der Waals surface area contributed by atoms with Crippen molar-refractivity contribution < 1.29 is 0 Å². The number of nitrogens with zero attached hydrogens (tertiary/aromatic N) is 4. The first kappa shape index (κ1) is 10.6. The molecule has 2 N–H and O–H groups in total. The standard InChI is InChI=1S/C9H7BrN6/c10-7-2-1-3-8(6(7)4-11)12-5-9-13-15-16-14-9/h1-3,12H,5H2,(H,13,14,15,16). The molecule has 16 heavy (non-hydrogen) atoms. The zero-order valence-corrected chi connectivity index (χ0v) is 9.69. The topological polar surface area (TPSA) is 90.3 Å². The second-order valence-electron chi connectivity index (χ2n) is 2.96. The molecule has 0 radical (unpaired) electrons. The minimum atomic E-state index is 0.418. The maximum Gasteiger partial charge on any atom is 0.193 e. The summed E-state index contributed by atoms with van der Waals surface area (Å²) in [6, 6.07) is 7.61. The van der Waals surface area contributed by atoms with Gasteiger partial charge in [0.15, 0.2) is 5.82 Å². The molecule has 1 aromatic heterocycles. The van der Waals surface area contributed by atoms with Gasteiger partial charge in [-0.25, -0.2) is 0 Å². The van der Waals surface area contributed by atoms with Gasteiger partial charge in [0, 0.05) is 4.47 Å². The van der Waals surface area contributed by atoms with E-state index in [9.17, 15) is 0 Å². The van der Waals surface area contributed by atoms with Crippen molar-refractivity contribution in [2.45, 2.75) is 6.54 Å². The number of nitrogens with one attached hydrogen (secondary N) is 2. The van der Waals surface area contributed by atoms with Gasteiger partial charge in [0.2, 0.25) is 0 Å². The molecule has 0 saturated carbocycles. The van der Waals surface area contributed by atoms with Crippen molar-refractivity contribution in [3.8, 4) is 6.07 Å². The molecule has 2 rings (SSSR count). The minimum Gasteiger partial charge on any atom is -0.376 e. The molecule has 0 fully saturated rings. The maximum atomic E-state index is 8.99. The Kier molecular flexibility index (Phi) is 3.12. The van der Waals surface area contributed by atoms with E-state index in [0.717, 1.165) is 10.2 Å². The van der Waals surface area contributed by atoms with Crippen LogP contribution in [0.25, 0.3) is 0 Å². The van der Waals surface area contributed by atoms with Crippen LogP contribution >= 0.6 is 15.9 Å². The summed E-state index contributed by atoms with van der Waals surface area (Å²) in [4.78, 5) is 0. The van der Waals surface area contributed by atoms with E-state index >= 15 is 0 Å². The van der Waals surface area contributed by atoms with Gasteiger partial charge in [0.25, 0.3) is 0 Å². The van der Waals surface area contributed by atoms with Crippen LogP contribution < -0.4 is 5.32 Å². The number of tetrazole rings is 1. The van der Waals surface area contributed by atoms with E-state index in [1.54, 1.807) is 0 Å². The second kappa shape index (κ2) is 4.72. The Labute approximate surface area is 99.8 Å². The van der Waals surface area contributed by atoms with Gasteiger partial charge in [-0.1, -0.05) is 11.3 Å². The Bertz CT molecular complexity index is 515. The highest BCUT2D eigenvalue weighted by Crippen LogP contribution is 2.23. The van der Waals surface area contributed by atoms with Gasteiger partial charge in [0.05, 0.1) is 17.8 Å². The van der Waals surface area contributed by atoms with E-state index < -0.39 is 0 Å². The summed E-state index contributed by atoms with van der Waals surface area (Å²) in [6.07, 6.45) is 0. The summed E-state index contributed by atoms with van der Waals surface area (Å²) in [6.45, 7) is 0.418. The molecule has 80 valence electrons. The highest BCUT2D eigenvalue weighted by Gasteiger charge is 2.06. The van der Waals surface area contributed by atoms with Crippen LogP contribution in [0.5, 0.6) is 0 Å². The third-order valence-electron chi connectivity index (χ3n) is 1.95. The molecule has 0 saturated heterocycles. The van der Waals surface area contributed by atoms with Crippen LogP contribution in [0.1, 0.15) is 11.4 Å². The molecule has 0 aliphatic heterocycles. The van der Waals surface area contributed by atoms with Crippen molar-refractivity contribution in [2.24, 2.45) is 0 Å². The largest absolute Gasteiger partial charge is 0.376 e. The fourth-order valence-electron chi connectivity index (χ4n) is 1.22. The Morgan fingerprint density at radius 2 is 2.38 bits per heavy atom. The average Bonchev–Trinajstić information content (AvgIpc) is 2.79. The third kappa shape index (κ3) is 2.17. The number of anilines is 1. The Morgan fingerprint density at radius 1 is 1.50 bits per heavy atom. The number of nitriles is 1. The van der Waals surface area contributed by atoms with Gasteiger partial charge >= 0.3 is 0 Å². The van der Waals surface area contributed by atoms with Gasteiger partial charge < -0.3 is 5.32 Å². The first-order valence-electron chi connectivity index (χ1n) is 4.46. The number of hydrogen-bond acceptors (Lipinski definition) is 5. The maximum absolute atomic E-state index is 8.99. The van der Waals surface area contributed by atoms with Crippen LogP contribution in [0, 0.1) is 11.3 Å². The summed E-state index contributed by atoms with van der Waals surface area (Å²) >= 11 is 3.31. The van der Waals surface area contributed by atoms with E-state index in [0.29, 0.717) is 17.9 Å². The number of hydrogen-bond donors (Lipinski definition) is 2. The van der Waals surface area contributed by atoms with E-state index in [-0.39, 0.29) is 0 Å². The predicted molar refractivity (Wildman–Crippen MR) is 60.4 cm³/mol. The molecular weight excluding hydrogens is 272 g/mol. The van der Waals surface area contributed by atoms with Gasteiger partial charge in [-0.15, -0.1) is 10.2 Å². The highest BCUT2D eigenvalue weighted by atomic mass is 79.9. The molecule has 0 bridgehead atoms. The highest BCUT2D eigenvalue weighted by molar-refractivity contribution is 9.10. The van der Waals surface area contributed by atoms with Crippen molar-refractivity contribution in [1.29, 1.82) is 5.26 Å². The van der Waals surface area contributed by atoms with Crippen LogP contribution in [-0.4, -0.2) is 20.6 Å². The number of rotatable bonds is 3. The average molecular weight is 279 g/mol. The lowest BCUT2D eigenvalue weighted by atomic mass is 10.2. The van der Waals surface area contributed by atoms with Gasteiger partial charge in [-0.05, 0) is 28.1 Å². The lowest BCUT2D eigenvalue weighted by Crippen LogP contribution is -2.03. The summed E-state index contributed by atoms with van der Waals surface area (Å²) in [5.74, 6) is 0.545. The molecule has 2 aromatic rings. The molecule has 0 atom stereocenters. The molecule has 1 heterocycles. The summed E-state index contributed by atoms with van der Waals surface area (Å²) in [7, 11) is 0. The number of halogens is 1. The SMILES string of the molecule is N#Cc1c(Br)cccc1NCc1nn[nH]n1. The zero-order chi connectivity index (χ0) is 11.4. The van der Waals surface area contributed by atoms with Crippen LogP contribution in [0.3, 0.4) is 0 Å². The molecule has 0 unspecified atom stereocenters. The van der Waals surface area contributed by atoms with Gasteiger partial charge in [0.1, 0.15) is 6.07 Å². The quantitative estimate of drug-likeness (QED) is 0.887. The summed E-state index contributed by atoms with van der Waals surface area (Å²) in [5, 5.41) is 25.5. The Balaban J connectivity index is 2.16. The fraction of sp³-hybridized carbons (Fsp3) is 0.111. The van der Waals surface area contributed by atoms with Crippen LogP contribution in [0.4, 0.5) is 5.69 Å². The second-order valence-corrected chi connectivity index (χ2v) is 3.81. The first-order chi connectivity index (χ1) is 7.81. The molecule has 6 nitrogen and oxygen atoms in total. The predicted octanol–water partition coefficient (Wildman–Crippen LogP) is 1.45. The van der Waals surface area contributed by atoms with Crippen molar-refractivity contribution in [3.05, 3.63) is 34.1 Å². The number of H-pyrrole nitrogens is 1. The van der Waals surface area contributed by atoms with Crippen LogP contribution in [0.15, 0.2) is 22.7 Å². The third-order valence-corrected chi connectivity index (χ3v) is 2.61. The lowest BCUT2D eigenvalue weighted by molar-refractivity contribution is 0.881. The number of aromatic nitrogens is 4. The smallest absolute Gasteiger partial charge is 0.193 e. The fourth-order valence-corrected chi connectivity index (χ4v) is 1.67. The first-order valence-corrected chi connectivity index (χ1v) is 5.25. The van der Waals surface area contributed by atoms with Crippen molar-refractivity contribution in [1.82, 2.24) is 20.6 Å². The van der Waals surface area contributed by atoms with Crippen LogP contribution in [-0.2, 0) is 6.54 Å².